The summed E-state index contributed by atoms with van der Waals surface area (Å²) in [6.45, 7) is 4.40. The molecule has 2 aliphatic heterocycles. The van der Waals surface area contributed by atoms with Crippen LogP contribution in [0.15, 0.2) is 41.6 Å². The van der Waals surface area contributed by atoms with Crippen LogP contribution in [0.3, 0.4) is 0 Å². The molecule has 2 fully saturated rings. The molecule has 1 unspecified atom stereocenters. The Morgan fingerprint density at radius 3 is 2.59 bits per heavy atom. The maximum atomic E-state index is 12.7. The lowest BCUT2D eigenvalue weighted by atomic mass is 9.80. The van der Waals surface area contributed by atoms with Crippen LogP contribution in [0.4, 0.5) is 19.0 Å². The van der Waals surface area contributed by atoms with Crippen LogP contribution in [-0.2, 0) is 9.53 Å². The Balaban J connectivity index is 0.000000360. The van der Waals surface area contributed by atoms with Gasteiger partial charge >= 0.3 is 12.1 Å². The van der Waals surface area contributed by atoms with Crippen LogP contribution in [0.25, 0.3) is 0 Å². The van der Waals surface area contributed by atoms with Crippen LogP contribution in [-0.4, -0.2) is 77.4 Å². The van der Waals surface area contributed by atoms with Crippen molar-refractivity contribution in [2.45, 2.75) is 19.0 Å². The number of carboxylic acids is 1. The fourth-order valence-electron chi connectivity index (χ4n) is 3.84. The number of nitrogens with zero attached hydrogens (tertiary/aromatic N) is 4. The predicted octanol–water partition coefficient (Wildman–Crippen LogP) is 2.46. The Kier molecular flexibility index (Phi) is 7.33. The fourth-order valence-corrected chi connectivity index (χ4v) is 3.84. The monoisotopic (exact) mass is 456 g/mol. The number of aliphatic carboxylic acids is 1. The Hall–Kier alpha value is -3.15. The molecule has 4 heterocycles. The van der Waals surface area contributed by atoms with Crippen LogP contribution < -0.4 is 4.90 Å². The van der Waals surface area contributed by atoms with E-state index in [1.54, 1.807) is 24.7 Å². The first-order valence-electron chi connectivity index (χ1n) is 9.90. The van der Waals surface area contributed by atoms with Gasteiger partial charge in [-0.05, 0) is 18.9 Å². The number of rotatable bonds is 2. The van der Waals surface area contributed by atoms with E-state index in [9.17, 15) is 18.0 Å². The SMILES string of the molecule is O=C(O)C(F)(F)F.O=C(c1ccoc1)N1CCCC2(COCCN(c3cnccn3)C2)C1. The number of alkyl halides is 3. The van der Waals surface area contributed by atoms with Crippen molar-refractivity contribution in [1.82, 2.24) is 14.9 Å². The highest BCUT2D eigenvalue weighted by Crippen LogP contribution is 2.34. The molecule has 1 atom stereocenters. The zero-order valence-electron chi connectivity index (χ0n) is 17.1. The molecule has 1 N–H and O–H groups in total. The van der Waals surface area contributed by atoms with Gasteiger partial charge in [0.2, 0.25) is 0 Å². The van der Waals surface area contributed by atoms with Gasteiger partial charge in [-0.2, -0.15) is 13.2 Å². The number of anilines is 1. The number of carbonyl (C=O) groups excluding carboxylic acids is 1. The minimum atomic E-state index is -5.08. The van der Waals surface area contributed by atoms with E-state index in [1.807, 2.05) is 4.90 Å². The molecule has 2 aromatic rings. The van der Waals surface area contributed by atoms with E-state index >= 15 is 0 Å². The molecule has 174 valence electrons. The van der Waals surface area contributed by atoms with E-state index < -0.39 is 12.1 Å². The number of furan rings is 1. The Bertz CT molecular complexity index is 894. The molecule has 0 radical (unpaired) electrons. The zero-order chi connectivity index (χ0) is 23.2. The van der Waals surface area contributed by atoms with Crippen molar-refractivity contribution in [3.8, 4) is 0 Å². The lowest BCUT2D eigenvalue weighted by molar-refractivity contribution is -0.192. The third-order valence-corrected chi connectivity index (χ3v) is 5.27. The molecule has 0 bridgehead atoms. The molecule has 1 amide bonds. The lowest BCUT2D eigenvalue weighted by Gasteiger charge is -2.43. The van der Waals surface area contributed by atoms with E-state index in [4.69, 9.17) is 19.1 Å². The van der Waals surface area contributed by atoms with Crippen LogP contribution in [0.5, 0.6) is 0 Å². The summed E-state index contributed by atoms with van der Waals surface area (Å²) >= 11 is 0. The molecule has 4 rings (SSSR count). The van der Waals surface area contributed by atoms with Crippen molar-refractivity contribution in [3.63, 3.8) is 0 Å². The molecule has 12 heteroatoms. The number of aromatic nitrogens is 2. The third kappa shape index (κ3) is 5.96. The van der Waals surface area contributed by atoms with E-state index in [0.717, 1.165) is 38.3 Å². The average molecular weight is 456 g/mol. The summed E-state index contributed by atoms with van der Waals surface area (Å²) in [5, 5.41) is 7.12. The quantitative estimate of drug-likeness (QED) is 0.734. The zero-order valence-corrected chi connectivity index (χ0v) is 17.1. The molecule has 2 aromatic heterocycles. The van der Waals surface area contributed by atoms with E-state index in [-0.39, 0.29) is 11.3 Å². The molecule has 32 heavy (non-hydrogen) atoms. The van der Waals surface area contributed by atoms with Crippen molar-refractivity contribution in [2.75, 3.05) is 44.3 Å². The second-order valence-electron chi connectivity index (χ2n) is 7.68. The normalized spacial score (nSPS) is 21.5. The first kappa shape index (κ1) is 23.5. The maximum Gasteiger partial charge on any atom is 0.490 e. The molecular weight excluding hydrogens is 433 g/mol. The van der Waals surface area contributed by atoms with Crippen LogP contribution >= 0.6 is 0 Å². The van der Waals surface area contributed by atoms with Gasteiger partial charge in [0, 0.05) is 44.0 Å². The Morgan fingerprint density at radius 2 is 1.97 bits per heavy atom. The van der Waals surface area contributed by atoms with E-state index in [1.165, 1.54) is 12.5 Å². The summed E-state index contributed by atoms with van der Waals surface area (Å²) in [4.78, 5) is 34.4. The number of halogens is 3. The number of likely N-dealkylation sites (tertiary alicyclic amines) is 1. The van der Waals surface area contributed by atoms with Gasteiger partial charge in [0.15, 0.2) is 0 Å². The number of amides is 1. The highest BCUT2D eigenvalue weighted by Gasteiger charge is 2.41. The number of ether oxygens (including phenoxy) is 1. The maximum absolute atomic E-state index is 12.7. The van der Waals surface area contributed by atoms with Gasteiger partial charge in [0.25, 0.3) is 5.91 Å². The first-order valence-corrected chi connectivity index (χ1v) is 9.90. The van der Waals surface area contributed by atoms with E-state index in [2.05, 4.69) is 14.9 Å². The van der Waals surface area contributed by atoms with Crippen molar-refractivity contribution >= 4 is 17.7 Å². The molecule has 0 saturated carbocycles. The van der Waals surface area contributed by atoms with Gasteiger partial charge in [-0.25, -0.2) is 9.78 Å². The summed E-state index contributed by atoms with van der Waals surface area (Å²) in [7, 11) is 0. The first-order chi connectivity index (χ1) is 15.2. The van der Waals surface area contributed by atoms with Gasteiger partial charge in [0.05, 0.1) is 31.2 Å². The van der Waals surface area contributed by atoms with Crippen molar-refractivity contribution in [2.24, 2.45) is 5.41 Å². The predicted molar refractivity (Wildman–Crippen MR) is 105 cm³/mol. The highest BCUT2D eigenvalue weighted by molar-refractivity contribution is 5.93. The molecule has 0 aliphatic carbocycles. The van der Waals surface area contributed by atoms with Crippen molar-refractivity contribution < 1.29 is 37.0 Å². The van der Waals surface area contributed by atoms with Crippen molar-refractivity contribution in [3.05, 3.63) is 42.7 Å². The Labute approximate surface area is 181 Å². The fraction of sp³-hybridized carbons (Fsp3) is 0.500. The number of hydrogen-bond acceptors (Lipinski definition) is 7. The van der Waals surface area contributed by atoms with Gasteiger partial charge in [0.1, 0.15) is 12.1 Å². The highest BCUT2D eigenvalue weighted by atomic mass is 19.4. The molecule has 2 aliphatic rings. The van der Waals surface area contributed by atoms with Gasteiger partial charge < -0.3 is 24.1 Å². The number of carbonyl (C=O) groups is 2. The summed E-state index contributed by atoms with van der Waals surface area (Å²) in [6.07, 6.45) is 5.16. The standard InChI is InChI=1S/C18H22N4O3.C2HF3O2/c23-17(15-2-8-24-11-15)22-6-1-3-18(13-22)12-21(7-9-25-14-18)16-10-19-4-5-20-16;3-2(4,5)1(6)7/h2,4-5,8,10-11H,1,3,6-7,9,12-14H2;(H,6,7). The molecule has 1 spiro atoms. The number of hydrogen-bond donors (Lipinski definition) is 1. The summed E-state index contributed by atoms with van der Waals surface area (Å²) in [6, 6.07) is 1.72. The second-order valence-corrected chi connectivity index (χ2v) is 7.68. The molecule has 2 saturated heterocycles. The largest absolute Gasteiger partial charge is 0.490 e. The topological polar surface area (TPSA) is 109 Å². The summed E-state index contributed by atoms with van der Waals surface area (Å²) < 4.78 is 42.7. The van der Waals surface area contributed by atoms with Gasteiger partial charge in [-0.15, -0.1) is 0 Å². The molecule has 9 nitrogen and oxygen atoms in total. The number of piperidine rings is 1. The molecular formula is C20H23F3N4O5. The second kappa shape index (κ2) is 9.98. The lowest BCUT2D eigenvalue weighted by Crippen LogP contribution is -2.52. The van der Waals surface area contributed by atoms with Crippen molar-refractivity contribution in [1.29, 1.82) is 0 Å². The van der Waals surface area contributed by atoms with E-state index in [0.29, 0.717) is 25.3 Å². The third-order valence-electron chi connectivity index (χ3n) is 5.27. The smallest absolute Gasteiger partial charge is 0.475 e. The minimum absolute atomic E-state index is 0.0307. The number of carboxylic acid groups (broad SMARTS) is 1. The summed E-state index contributed by atoms with van der Waals surface area (Å²) in [5.74, 6) is -1.86. The summed E-state index contributed by atoms with van der Waals surface area (Å²) in [5.41, 5.74) is 0.531. The van der Waals surface area contributed by atoms with Crippen LogP contribution in [0.1, 0.15) is 23.2 Å². The average Bonchev–Trinajstić information content (AvgIpc) is 3.23. The minimum Gasteiger partial charge on any atom is -0.475 e. The van der Waals surface area contributed by atoms with Crippen LogP contribution in [0.2, 0.25) is 0 Å². The van der Waals surface area contributed by atoms with Gasteiger partial charge in [-0.3, -0.25) is 9.78 Å². The molecule has 0 aromatic carbocycles. The van der Waals surface area contributed by atoms with Crippen LogP contribution in [0, 0.1) is 5.41 Å². The Morgan fingerprint density at radius 1 is 1.19 bits per heavy atom. The van der Waals surface area contributed by atoms with Gasteiger partial charge in [-0.1, -0.05) is 0 Å².